The van der Waals surface area contributed by atoms with E-state index in [1.165, 1.54) is 0 Å². The van der Waals surface area contributed by atoms with E-state index in [1.807, 2.05) is 48.5 Å². The number of rotatable bonds is 0. The third-order valence-electron chi connectivity index (χ3n) is 3.37. The molecule has 3 heteroatoms. The van der Waals surface area contributed by atoms with E-state index in [1.54, 1.807) is 6.20 Å². The molecule has 19 heavy (non-hydrogen) atoms. The molecule has 4 aromatic rings. The second-order valence-electron chi connectivity index (χ2n) is 4.44. The number of para-hydroxylation sites is 1. The van der Waals surface area contributed by atoms with Crippen molar-refractivity contribution in [1.29, 1.82) is 0 Å². The first-order valence-corrected chi connectivity index (χ1v) is 6.04. The Morgan fingerprint density at radius 1 is 0.842 bits per heavy atom. The van der Waals surface area contributed by atoms with E-state index in [9.17, 15) is 4.79 Å². The van der Waals surface area contributed by atoms with Crippen LogP contribution in [0.25, 0.3) is 32.6 Å². The van der Waals surface area contributed by atoms with Crippen LogP contribution in [0.5, 0.6) is 0 Å². The molecule has 4 rings (SSSR count). The van der Waals surface area contributed by atoms with Crippen molar-refractivity contribution in [2.75, 3.05) is 0 Å². The average molecular weight is 247 g/mol. The van der Waals surface area contributed by atoms with Crippen LogP contribution in [-0.4, -0.2) is 4.98 Å². The second-order valence-corrected chi connectivity index (χ2v) is 4.44. The minimum absolute atomic E-state index is 0.313. The summed E-state index contributed by atoms with van der Waals surface area (Å²) in [5, 5.41) is 3.29. The average Bonchev–Trinajstić information content (AvgIpc) is 2.46. The van der Waals surface area contributed by atoms with E-state index in [0.29, 0.717) is 11.0 Å². The molecule has 0 radical (unpaired) electrons. The zero-order valence-electron chi connectivity index (χ0n) is 9.96. The molecule has 0 aliphatic heterocycles. The van der Waals surface area contributed by atoms with Crippen LogP contribution < -0.4 is 5.63 Å². The maximum absolute atomic E-state index is 12.2. The summed E-state index contributed by atoms with van der Waals surface area (Å²) in [6.45, 7) is 0. The second kappa shape index (κ2) is 3.65. The highest BCUT2D eigenvalue weighted by atomic mass is 16.4. The zero-order chi connectivity index (χ0) is 12.8. The third-order valence-corrected chi connectivity index (χ3v) is 3.37. The Morgan fingerprint density at radius 3 is 2.63 bits per heavy atom. The SMILES string of the molecule is O=c1oc2ccccc2c2ccc3ncccc3c12. The molecular weight excluding hydrogens is 238 g/mol. The molecule has 0 N–H and O–H groups in total. The van der Waals surface area contributed by atoms with E-state index >= 15 is 0 Å². The normalized spacial score (nSPS) is 11.4. The Hall–Kier alpha value is -2.68. The fraction of sp³-hybridized carbons (Fsp3) is 0. The van der Waals surface area contributed by atoms with Gasteiger partial charge in [0.2, 0.25) is 0 Å². The molecule has 90 valence electrons. The highest BCUT2D eigenvalue weighted by Crippen LogP contribution is 2.27. The van der Waals surface area contributed by atoms with Gasteiger partial charge in [-0.2, -0.15) is 0 Å². The number of hydrogen-bond donors (Lipinski definition) is 0. The molecule has 0 unspecified atom stereocenters. The molecule has 0 fully saturated rings. The zero-order valence-corrected chi connectivity index (χ0v) is 9.96. The van der Waals surface area contributed by atoms with Crippen LogP contribution in [0.15, 0.2) is 63.9 Å². The van der Waals surface area contributed by atoms with Gasteiger partial charge in [-0.05, 0) is 18.2 Å². The minimum Gasteiger partial charge on any atom is -0.422 e. The molecule has 2 aromatic carbocycles. The van der Waals surface area contributed by atoms with E-state index in [0.717, 1.165) is 21.7 Å². The van der Waals surface area contributed by atoms with E-state index < -0.39 is 0 Å². The summed E-state index contributed by atoms with van der Waals surface area (Å²) in [6, 6.07) is 15.2. The van der Waals surface area contributed by atoms with E-state index in [2.05, 4.69) is 4.98 Å². The molecule has 2 heterocycles. The lowest BCUT2D eigenvalue weighted by molar-refractivity contribution is 0.570. The van der Waals surface area contributed by atoms with Crippen molar-refractivity contribution in [3.63, 3.8) is 0 Å². The van der Waals surface area contributed by atoms with Crippen molar-refractivity contribution in [2.45, 2.75) is 0 Å². The van der Waals surface area contributed by atoms with Gasteiger partial charge in [-0.25, -0.2) is 4.79 Å². The Bertz CT molecular complexity index is 986. The van der Waals surface area contributed by atoms with Gasteiger partial charge in [0.25, 0.3) is 0 Å². The minimum atomic E-state index is -0.313. The molecule has 2 aromatic heterocycles. The molecule has 0 saturated heterocycles. The maximum atomic E-state index is 12.2. The van der Waals surface area contributed by atoms with Crippen molar-refractivity contribution in [3.8, 4) is 0 Å². The summed E-state index contributed by atoms with van der Waals surface area (Å²) in [5.41, 5.74) is 1.10. The first kappa shape index (κ1) is 10.3. The van der Waals surface area contributed by atoms with Crippen LogP contribution in [0.2, 0.25) is 0 Å². The fourth-order valence-corrected chi connectivity index (χ4v) is 2.53. The smallest absolute Gasteiger partial charge is 0.344 e. The van der Waals surface area contributed by atoms with Crippen molar-refractivity contribution in [3.05, 3.63) is 65.1 Å². The molecular formula is C16H9NO2. The number of hydrogen-bond acceptors (Lipinski definition) is 3. The summed E-state index contributed by atoms with van der Waals surface area (Å²) in [7, 11) is 0. The summed E-state index contributed by atoms with van der Waals surface area (Å²) < 4.78 is 5.40. The van der Waals surface area contributed by atoms with Gasteiger partial charge < -0.3 is 4.42 Å². The van der Waals surface area contributed by atoms with Crippen LogP contribution in [0.4, 0.5) is 0 Å². The molecule has 0 spiro atoms. The van der Waals surface area contributed by atoms with Crippen molar-refractivity contribution < 1.29 is 4.42 Å². The van der Waals surface area contributed by atoms with Crippen molar-refractivity contribution >= 4 is 32.6 Å². The van der Waals surface area contributed by atoms with Gasteiger partial charge >= 0.3 is 5.63 Å². The molecule has 0 bridgehead atoms. The van der Waals surface area contributed by atoms with Crippen LogP contribution >= 0.6 is 0 Å². The molecule has 3 nitrogen and oxygen atoms in total. The first-order chi connectivity index (χ1) is 9.34. The molecule has 0 saturated carbocycles. The Labute approximate surface area is 108 Å². The molecule has 0 amide bonds. The topological polar surface area (TPSA) is 43.1 Å². The lowest BCUT2D eigenvalue weighted by Crippen LogP contribution is -2.00. The lowest BCUT2D eigenvalue weighted by atomic mass is 10.0. The van der Waals surface area contributed by atoms with E-state index in [4.69, 9.17) is 4.42 Å². The lowest BCUT2D eigenvalue weighted by Gasteiger charge is -2.04. The predicted molar refractivity (Wildman–Crippen MR) is 75.3 cm³/mol. The summed E-state index contributed by atoms with van der Waals surface area (Å²) in [6.07, 6.45) is 1.72. The van der Waals surface area contributed by atoms with Gasteiger partial charge in [0.15, 0.2) is 0 Å². The Kier molecular flexibility index (Phi) is 1.97. The van der Waals surface area contributed by atoms with Crippen LogP contribution in [-0.2, 0) is 0 Å². The number of pyridine rings is 1. The molecule has 0 aliphatic carbocycles. The highest BCUT2D eigenvalue weighted by Gasteiger charge is 2.10. The monoisotopic (exact) mass is 247 g/mol. The summed E-state index contributed by atoms with van der Waals surface area (Å²) in [5.74, 6) is 0. The number of benzene rings is 2. The van der Waals surface area contributed by atoms with Gasteiger partial charge in [-0.15, -0.1) is 0 Å². The molecule has 0 aliphatic rings. The predicted octanol–water partition coefficient (Wildman–Crippen LogP) is 3.49. The highest BCUT2D eigenvalue weighted by molar-refractivity contribution is 6.14. The number of aromatic nitrogens is 1. The quantitative estimate of drug-likeness (QED) is 0.353. The van der Waals surface area contributed by atoms with E-state index in [-0.39, 0.29) is 5.63 Å². The standard InChI is InChI=1S/C16H9NO2/c18-16-15-11(10-4-1-2-6-14(10)19-16)7-8-13-12(15)5-3-9-17-13/h1-9H. The fourth-order valence-electron chi connectivity index (χ4n) is 2.53. The number of nitrogens with zero attached hydrogens (tertiary/aromatic N) is 1. The van der Waals surface area contributed by atoms with Gasteiger partial charge in [0.05, 0.1) is 10.9 Å². The summed E-state index contributed by atoms with van der Waals surface area (Å²) in [4.78, 5) is 16.5. The van der Waals surface area contributed by atoms with Crippen LogP contribution in [0.3, 0.4) is 0 Å². The Morgan fingerprint density at radius 2 is 1.68 bits per heavy atom. The Balaban J connectivity index is 2.39. The van der Waals surface area contributed by atoms with Crippen LogP contribution in [0, 0.1) is 0 Å². The molecule has 0 atom stereocenters. The largest absolute Gasteiger partial charge is 0.422 e. The summed E-state index contributed by atoms with van der Waals surface area (Å²) >= 11 is 0. The van der Waals surface area contributed by atoms with Crippen molar-refractivity contribution in [2.24, 2.45) is 0 Å². The van der Waals surface area contributed by atoms with Gasteiger partial charge in [-0.3, -0.25) is 4.98 Å². The van der Waals surface area contributed by atoms with Crippen LogP contribution in [0.1, 0.15) is 0 Å². The van der Waals surface area contributed by atoms with Gasteiger partial charge in [0, 0.05) is 22.4 Å². The van der Waals surface area contributed by atoms with Crippen molar-refractivity contribution in [1.82, 2.24) is 4.98 Å². The third kappa shape index (κ3) is 1.38. The first-order valence-electron chi connectivity index (χ1n) is 6.04. The van der Waals surface area contributed by atoms with Gasteiger partial charge in [0.1, 0.15) is 5.58 Å². The van der Waals surface area contributed by atoms with Gasteiger partial charge in [-0.1, -0.05) is 30.3 Å². The maximum Gasteiger partial charge on any atom is 0.344 e. The number of fused-ring (bicyclic) bond motifs is 5.